The van der Waals surface area contributed by atoms with Crippen LogP contribution in [0.5, 0.6) is 0 Å². The summed E-state index contributed by atoms with van der Waals surface area (Å²) < 4.78 is 0. The lowest BCUT2D eigenvalue weighted by atomic mass is 10.0. The van der Waals surface area contributed by atoms with Crippen molar-refractivity contribution in [2.24, 2.45) is 5.92 Å². The van der Waals surface area contributed by atoms with Crippen LogP contribution in [-0.4, -0.2) is 29.6 Å². The first-order valence-electron chi connectivity index (χ1n) is 7.66. The monoisotopic (exact) mass is 306 g/mol. The van der Waals surface area contributed by atoms with E-state index in [1.54, 1.807) is 12.1 Å². The Hall–Kier alpha value is -1.88. The van der Waals surface area contributed by atoms with Crippen LogP contribution in [-0.2, 0) is 9.59 Å². The fraction of sp³-hybridized carbons (Fsp3) is 0.529. The van der Waals surface area contributed by atoms with Gasteiger partial charge in [0, 0.05) is 5.69 Å². The van der Waals surface area contributed by atoms with E-state index in [0.717, 1.165) is 0 Å². The predicted octanol–water partition coefficient (Wildman–Crippen LogP) is 2.27. The minimum absolute atomic E-state index is 0.180. The van der Waals surface area contributed by atoms with Crippen LogP contribution >= 0.6 is 0 Å². The van der Waals surface area contributed by atoms with Gasteiger partial charge in [-0.25, -0.2) is 0 Å². The Kier molecular flexibility index (Phi) is 7.05. The Labute approximate surface area is 132 Å². The molecule has 0 aliphatic carbocycles. The number of hydrogen-bond acceptors (Lipinski definition) is 3. The highest BCUT2D eigenvalue weighted by atomic mass is 16.3. The molecule has 0 heterocycles. The Morgan fingerprint density at radius 3 is 2.09 bits per heavy atom. The summed E-state index contributed by atoms with van der Waals surface area (Å²) in [5, 5.41) is 14.3. The largest absolute Gasteiger partial charge is 0.394 e. The van der Waals surface area contributed by atoms with E-state index in [1.807, 2.05) is 26.0 Å². The molecule has 1 atom stereocenters. The summed E-state index contributed by atoms with van der Waals surface area (Å²) in [6.45, 7) is 7.98. The first-order chi connectivity index (χ1) is 10.3. The number of benzene rings is 1. The van der Waals surface area contributed by atoms with Gasteiger partial charge in [-0.3, -0.25) is 9.59 Å². The fourth-order valence-corrected chi connectivity index (χ4v) is 2.14. The van der Waals surface area contributed by atoms with Crippen molar-refractivity contribution < 1.29 is 14.7 Å². The van der Waals surface area contributed by atoms with Crippen molar-refractivity contribution in [3.05, 3.63) is 29.8 Å². The number of anilines is 1. The fourth-order valence-electron chi connectivity index (χ4n) is 2.14. The number of aliphatic hydroxyl groups is 1. The lowest BCUT2D eigenvalue weighted by Gasteiger charge is -2.17. The molecule has 3 N–H and O–H groups in total. The Morgan fingerprint density at radius 1 is 1.05 bits per heavy atom. The zero-order chi connectivity index (χ0) is 16.7. The molecule has 1 aromatic carbocycles. The molecule has 22 heavy (non-hydrogen) atoms. The lowest BCUT2D eigenvalue weighted by Crippen LogP contribution is -2.44. The van der Waals surface area contributed by atoms with Gasteiger partial charge in [0.1, 0.15) is 0 Å². The lowest BCUT2D eigenvalue weighted by molar-refractivity contribution is -0.136. The van der Waals surface area contributed by atoms with Gasteiger partial charge < -0.3 is 15.7 Å². The van der Waals surface area contributed by atoms with Crippen LogP contribution in [0.25, 0.3) is 0 Å². The Morgan fingerprint density at radius 2 is 1.64 bits per heavy atom. The summed E-state index contributed by atoms with van der Waals surface area (Å²) in [6.07, 6.45) is 0.624. The quantitative estimate of drug-likeness (QED) is 0.705. The van der Waals surface area contributed by atoms with Crippen LogP contribution < -0.4 is 10.6 Å². The SMILES string of the molecule is CC(C)CC(CO)NC(=O)C(=O)Nc1ccc(C(C)C)cc1. The summed E-state index contributed by atoms with van der Waals surface area (Å²) in [7, 11) is 0. The third-order valence-corrected chi connectivity index (χ3v) is 3.35. The Bertz CT molecular complexity index is 495. The first kappa shape index (κ1) is 18.2. The van der Waals surface area contributed by atoms with Crippen LogP contribution in [0.15, 0.2) is 24.3 Å². The highest BCUT2D eigenvalue weighted by molar-refractivity contribution is 6.39. The van der Waals surface area contributed by atoms with Crippen LogP contribution in [0.2, 0.25) is 0 Å². The maximum absolute atomic E-state index is 11.9. The summed E-state index contributed by atoms with van der Waals surface area (Å²) >= 11 is 0. The second kappa shape index (κ2) is 8.54. The molecular weight excluding hydrogens is 280 g/mol. The van der Waals surface area contributed by atoms with Gasteiger partial charge >= 0.3 is 11.8 Å². The van der Waals surface area contributed by atoms with E-state index < -0.39 is 17.9 Å². The maximum Gasteiger partial charge on any atom is 0.313 e. The molecule has 1 aromatic rings. The van der Waals surface area contributed by atoms with E-state index in [9.17, 15) is 14.7 Å². The average Bonchev–Trinajstić information content (AvgIpc) is 2.46. The molecule has 0 saturated heterocycles. The third-order valence-electron chi connectivity index (χ3n) is 3.35. The minimum Gasteiger partial charge on any atom is -0.394 e. The smallest absolute Gasteiger partial charge is 0.313 e. The van der Waals surface area contributed by atoms with Crippen LogP contribution in [0.1, 0.15) is 45.6 Å². The van der Waals surface area contributed by atoms with Crippen molar-refractivity contribution in [2.75, 3.05) is 11.9 Å². The maximum atomic E-state index is 11.9. The van der Waals surface area contributed by atoms with E-state index in [1.165, 1.54) is 5.56 Å². The molecule has 0 fully saturated rings. The van der Waals surface area contributed by atoms with Crippen molar-refractivity contribution in [1.29, 1.82) is 0 Å². The van der Waals surface area contributed by atoms with Crippen molar-refractivity contribution in [1.82, 2.24) is 5.32 Å². The molecule has 0 spiro atoms. The van der Waals surface area contributed by atoms with Gasteiger partial charge in [-0.15, -0.1) is 0 Å². The molecule has 0 radical (unpaired) electrons. The average molecular weight is 306 g/mol. The predicted molar refractivity (Wildman–Crippen MR) is 87.6 cm³/mol. The molecule has 0 aromatic heterocycles. The molecule has 0 bridgehead atoms. The van der Waals surface area contributed by atoms with Crippen LogP contribution in [0, 0.1) is 5.92 Å². The summed E-state index contributed by atoms with van der Waals surface area (Å²) in [4.78, 5) is 23.7. The number of rotatable bonds is 6. The number of carbonyl (C=O) groups is 2. The van der Waals surface area contributed by atoms with Crippen LogP contribution in [0.3, 0.4) is 0 Å². The number of hydrogen-bond donors (Lipinski definition) is 3. The second-order valence-corrected chi connectivity index (χ2v) is 6.21. The third kappa shape index (κ3) is 5.85. The van der Waals surface area contributed by atoms with Crippen molar-refractivity contribution in [2.45, 2.75) is 46.1 Å². The highest BCUT2D eigenvalue weighted by Gasteiger charge is 2.19. The van der Waals surface area contributed by atoms with Crippen LogP contribution in [0.4, 0.5) is 5.69 Å². The molecule has 2 amide bonds. The van der Waals surface area contributed by atoms with Crippen molar-refractivity contribution in [3.8, 4) is 0 Å². The number of aliphatic hydroxyl groups excluding tert-OH is 1. The van der Waals surface area contributed by atoms with E-state index in [0.29, 0.717) is 23.9 Å². The molecule has 0 aliphatic heterocycles. The van der Waals surface area contributed by atoms with E-state index in [4.69, 9.17) is 0 Å². The summed E-state index contributed by atoms with van der Waals surface area (Å²) in [5.74, 6) is -0.717. The van der Waals surface area contributed by atoms with Gasteiger partial charge in [-0.1, -0.05) is 39.8 Å². The van der Waals surface area contributed by atoms with E-state index in [2.05, 4.69) is 24.5 Å². The second-order valence-electron chi connectivity index (χ2n) is 6.21. The normalized spacial score (nSPS) is 12.3. The zero-order valence-electron chi connectivity index (χ0n) is 13.7. The van der Waals surface area contributed by atoms with E-state index in [-0.39, 0.29) is 6.61 Å². The van der Waals surface area contributed by atoms with Gasteiger partial charge in [0.05, 0.1) is 12.6 Å². The van der Waals surface area contributed by atoms with Crippen molar-refractivity contribution in [3.63, 3.8) is 0 Å². The highest BCUT2D eigenvalue weighted by Crippen LogP contribution is 2.17. The van der Waals surface area contributed by atoms with Gasteiger partial charge in [0.15, 0.2) is 0 Å². The van der Waals surface area contributed by atoms with Gasteiger partial charge in [-0.2, -0.15) is 0 Å². The first-order valence-corrected chi connectivity index (χ1v) is 7.66. The molecule has 0 aliphatic rings. The summed E-state index contributed by atoms with van der Waals surface area (Å²) in [6, 6.07) is 7.00. The molecule has 1 rings (SSSR count). The molecule has 0 saturated carbocycles. The summed E-state index contributed by atoms with van der Waals surface area (Å²) in [5.41, 5.74) is 1.74. The Balaban J connectivity index is 2.58. The standard InChI is InChI=1S/C17H26N2O3/c1-11(2)9-15(10-20)19-17(22)16(21)18-14-7-5-13(6-8-14)12(3)4/h5-8,11-12,15,20H,9-10H2,1-4H3,(H,18,21)(H,19,22). The zero-order valence-corrected chi connectivity index (χ0v) is 13.7. The van der Waals surface area contributed by atoms with Crippen molar-refractivity contribution >= 4 is 17.5 Å². The molecule has 5 heteroatoms. The molecule has 1 unspecified atom stereocenters. The minimum atomic E-state index is -0.729. The molecule has 5 nitrogen and oxygen atoms in total. The number of amides is 2. The van der Waals surface area contributed by atoms with E-state index >= 15 is 0 Å². The molecular formula is C17H26N2O3. The van der Waals surface area contributed by atoms with Gasteiger partial charge in [0.2, 0.25) is 0 Å². The number of carbonyl (C=O) groups excluding carboxylic acids is 2. The van der Waals surface area contributed by atoms with Gasteiger partial charge in [0.25, 0.3) is 0 Å². The number of nitrogens with one attached hydrogen (secondary N) is 2. The van der Waals surface area contributed by atoms with Gasteiger partial charge in [-0.05, 0) is 36.0 Å². The topological polar surface area (TPSA) is 78.4 Å². The molecule has 122 valence electrons.